The van der Waals surface area contributed by atoms with Gasteiger partial charge in [-0.2, -0.15) is 0 Å². The van der Waals surface area contributed by atoms with Gasteiger partial charge in [-0.1, -0.05) is 30.3 Å². The Morgan fingerprint density at radius 1 is 1.41 bits per heavy atom. The number of aldehydes is 1. The number of carbonyl (C=O) groups excluding carboxylic acids is 1. The second-order valence-electron chi connectivity index (χ2n) is 4.94. The lowest BCUT2D eigenvalue weighted by Crippen LogP contribution is -2.37. The molecule has 3 nitrogen and oxygen atoms in total. The summed E-state index contributed by atoms with van der Waals surface area (Å²) in [5.41, 5.74) is 0.985. The number of hydrogen-bond acceptors (Lipinski definition) is 3. The molecule has 0 aromatic heterocycles. The first kappa shape index (κ1) is 12.3. The van der Waals surface area contributed by atoms with Gasteiger partial charge in [-0.05, 0) is 19.0 Å². The maximum atomic E-state index is 11.2. The van der Waals surface area contributed by atoms with Crippen LogP contribution in [-0.2, 0) is 16.1 Å². The Labute approximate surface area is 102 Å². The van der Waals surface area contributed by atoms with Crippen molar-refractivity contribution in [3.63, 3.8) is 0 Å². The maximum absolute atomic E-state index is 11.2. The van der Waals surface area contributed by atoms with Crippen LogP contribution in [0.1, 0.15) is 12.0 Å². The van der Waals surface area contributed by atoms with Crippen LogP contribution in [0.5, 0.6) is 0 Å². The second-order valence-corrected chi connectivity index (χ2v) is 4.94. The quantitative estimate of drug-likeness (QED) is 0.725. The van der Waals surface area contributed by atoms with Crippen LogP contribution in [0.25, 0.3) is 0 Å². The molecule has 1 atom stereocenters. The number of rotatable bonds is 5. The summed E-state index contributed by atoms with van der Waals surface area (Å²) < 4.78 is 5.34. The van der Waals surface area contributed by atoms with Gasteiger partial charge in [-0.25, -0.2) is 0 Å². The van der Waals surface area contributed by atoms with Crippen molar-refractivity contribution >= 4 is 6.29 Å². The third-order valence-corrected chi connectivity index (χ3v) is 3.26. The molecule has 92 valence electrons. The van der Waals surface area contributed by atoms with Gasteiger partial charge in [0.2, 0.25) is 0 Å². The van der Waals surface area contributed by atoms with Crippen LogP contribution in [0.4, 0.5) is 0 Å². The Morgan fingerprint density at radius 2 is 2.18 bits per heavy atom. The van der Waals surface area contributed by atoms with Crippen molar-refractivity contribution in [3.8, 4) is 0 Å². The molecule has 1 heterocycles. The SMILES string of the molecule is CN(Cc1ccccc1)CC1(C=O)CCOC1. The van der Waals surface area contributed by atoms with Crippen LogP contribution >= 0.6 is 0 Å². The number of benzene rings is 1. The first-order chi connectivity index (χ1) is 8.24. The molecule has 0 N–H and O–H groups in total. The molecule has 1 unspecified atom stereocenters. The Kier molecular flexibility index (Phi) is 3.92. The third kappa shape index (κ3) is 3.14. The molecule has 17 heavy (non-hydrogen) atoms. The Bertz CT molecular complexity index is 358. The minimum atomic E-state index is -0.288. The summed E-state index contributed by atoms with van der Waals surface area (Å²) in [5.74, 6) is 0. The molecule has 3 heteroatoms. The highest BCUT2D eigenvalue weighted by molar-refractivity contribution is 5.60. The minimum absolute atomic E-state index is 0.288. The van der Waals surface area contributed by atoms with Crippen molar-refractivity contribution in [2.24, 2.45) is 5.41 Å². The lowest BCUT2D eigenvalue weighted by molar-refractivity contribution is -0.117. The van der Waals surface area contributed by atoms with Gasteiger partial charge < -0.3 is 14.4 Å². The molecule has 0 radical (unpaired) electrons. The molecule has 0 amide bonds. The van der Waals surface area contributed by atoms with Crippen molar-refractivity contribution in [2.75, 3.05) is 26.8 Å². The van der Waals surface area contributed by atoms with Gasteiger partial charge in [-0.15, -0.1) is 0 Å². The van der Waals surface area contributed by atoms with Crippen LogP contribution in [0, 0.1) is 5.41 Å². The van der Waals surface area contributed by atoms with E-state index in [4.69, 9.17) is 4.74 Å². The van der Waals surface area contributed by atoms with Crippen molar-refractivity contribution in [3.05, 3.63) is 35.9 Å². The second kappa shape index (κ2) is 5.43. The van der Waals surface area contributed by atoms with E-state index >= 15 is 0 Å². The number of nitrogens with zero attached hydrogens (tertiary/aromatic N) is 1. The van der Waals surface area contributed by atoms with Crippen molar-refractivity contribution < 1.29 is 9.53 Å². The molecule has 0 aliphatic carbocycles. The molecule has 1 saturated heterocycles. The van der Waals surface area contributed by atoms with Gasteiger partial charge in [0.05, 0.1) is 12.0 Å². The standard InChI is InChI=1S/C14H19NO2/c1-15(9-13-5-3-2-4-6-13)10-14(11-16)7-8-17-12-14/h2-6,11H,7-10,12H2,1H3. The van der Waals surface area contributed by atoms with E-state index in [1.165, 1.54) is 5.56 Å². The summed E-state index contributed by atoms with van der Waals surface area (Å²) in [7, 11) is 2.05. The molecule has 0 saturated carbocycles. The van der Waals surface area contributed by atoms with Gasteiger partial charge in [0.1, 0.15) is 6.29 Å². The van der Waals surface area contributed by atoms with E-state index in [1.807, 2.05) is 18.2 Å². The molecule has 1 fully saturated rings. The highest BCUT2D eigenvalue weighted by Crippen LogP contribution is 2.27. The van der Waals surface area contributed by atoms with Crippen molar-refractivity contribution in [1.82, 2.24) is 4.90 Å². The summed E-state index contributed by atoms with van der Waals surface area (Å²) in [6.45, 7) is 2.91. The van der Waals surface area contributed by atoms with Crippen molar-refractivity contribution in [1.29, 1.82) is 0 Å². The Balaban J connectivity index is 1.92. The zero-order valence-corrected chi connectivity index (χ0v) is 10.3. The summed E-state index contributed by atoms with van der Waals surface area (Å²) in [6.07, 6.45) is 1.91. The predicted octanol–water partition coefficient (Wildman–Crippen LogP) is 1.72. The zero-order chi connectivity index (χ0) is 12.1. The van der Waals surface area contributed by atoms with E-state index in [0.717, 1.165) is 25.8 Å². The fourth-order valence-electron chi connectivity index (χ4n) is 2.37. The third-order valence-electron chi connectivity index (χ3n) is 3.26. The highest BCUT2D eigenvalue weighted by Gasteiger charge is 2.35. The summed E-state index contributed by atoms with van der Waals surface area (Å²) in [5, 5.41) is 0. The summed E-state index contributed by atoms with van der Waals surface area (Å²) in [4.78, 5) is 13.4. The normalized spacial score (nSPS) is 24.1. The largest absolute Gasteiger partial charge is 0.380 e. The smallest absolute Gasteiger partial charge is 0.129 e. The molecule has 1 aromatic carbocycles. The van der Waals surface area contributed by atoms with E-state index in [1.54, 1.807) is 0 Å². The molecule has 2 rings (SSSR count). The van der Waals surface area contributed by atoms with Crippen LogP contribution in [0.3, 0.4) is 0 Å². The summed E-state index contributed by atoms with van der Waals surface area (Å²) >= 11 is 0. The van der Waals surface area contributed by atoms with Gasteiger partial charge in [0, 0.05) is 19.7 Å². The fraction of sp³-hybridized carbons (Fsp3) is 0.500. The first-order valence-electron chi connectivity index (χ1n) is 6.01. The van der Waals surface area contributed by atoms with E-state index < -0.39 is 0 Å². The van der Waals surface area contributed by atoms with Gasteiger partial charge in [0.25, 0.3) is 0 Å². The topological polar surface area (TPSA) is 29.5 Å². The predicted molar refractivity (Wildman–Crippen MR) is 66.7 cm³/mol. The van der Waals surface area contributed by atoms with Crippen LogP contribution in [0.15, 0.2) is 30.3 Å². The van der Waals surface area contributed by atoms with Gasteiger partial charge in [0.15, 0.2) is 0 Å². The number of carbonyl (C=O) groups is 1. The van der Waals surface area contributed by atoms with E-state index in [0.29, 0.717) is 13.2 Å². The number of hydrogen-bond donors (Lipinski definition) is 0. The molecule has 1 aliphatic rings. The van der Waals surface area contributed by atoms with Crippen LogP contribution in [0.2, 0.25) is 0 Å². The highest BCUT2D eigenvalue weighted by atomic mass is 16.5. The molecule has 1 aliphatic heterocycles. The molecule has 0 bridgehead atoms. The van der Waals surface area contributed by atoms with Crippen molar-refractivity contribution in [2.45, 2.75) is 13.0 Å². The monoisotopic (exact) mass is 233 g/mol. The molecule has 1 aromatic rings. The van der Waals surface area contributed by atoms with E-state index in [2.05, 4.69) is 24.1 Å². The average Bonchev–Trinajstić information content (AvgIpc) is 2.79. The van der Waals surface area contributed by atoms with E-state index in [-0.39, 0.29) is 5.41 Å². The average molecular weight is 233 g/mol. The van der Waals surface area contributed by atoms with Crippen LogP contribution in [-0.4, -0.2) is 38.0 Å². The lowest BCUT2D eigenvalue weighted by atomic mass is 9.88. The lowest BCUT2D eigenvalue weighted by Gasteiger charge is -2.27. The van der Waals surface area contributed by atoms with Crippen LogP contribution < -0.4 is 0 Å². The zero-order valence-electron chi connectivity index (χ0n) is 10.3. The fourth-order valence-corrected chi connectivity index (χ4v) is 2.37. The number of ether oxygens (including phenoxy) is 1. The molecular weight excluding hydrogens is 214 g/mol. The minimum Gasteiger partial charge on any atom is -0.380 e. The first-order valence-corrected chi connectivity index (χ1v) is 6.01. The van der Waals surface area contributed by atoms with Gasteiger partial charge >= 0.3 is 0 Å². The summed E-state index contributed by atoms with van der Waals surface area (Å²) in [6, 6.07) is 10.3. The van der Waals surface area contributed by atoms with Gasteiger partial charge in [-0.3, -0.25) is 0 Å². The maximum Gasteiger partial charge on any atom is 0.129 e. The molecular formula is C14H19NO2. The van der Waals surface area contributed by atoms with E-state index in [9.17, 15) is 4.79 Å². The Hall–Kier alpha value is -1.19. The Morgan fingerprint density at radius 3 is 2.76 bits per heavy atom. The molecule has 0 spiro atoms.